The molecule has 1 fully saturated rings. The van der Waals surface area contributed by atoms with Gasteiger partial charge in [-0.05, 0) is 19.4 Å². The highest BCUT2D eigenvalue weighted by atomic mass is 35.5. The van der Waals surface area contributed by atoms with Crippen LogP contribution in [0.2, 0.25) is 0 Å². The standard InChI is InChI=1S/C11H21N3O2.ClH/c1-14(2)11(16)5-7-13-10(15)8-9-4-3-6-12-9;/h9,12H,3-8H2,1-2H3,(H,13,15);1H. The lowest BCUT2D eigenvalue weighted by molar-refractivity contribution is -0.128. The van der Waals surface area contributed by atoms with Crippen LogP contribution < -0.4 is 10.6 Å². The summed E-state index contributed by atoms with van der Waals surface area (Å²) < 4.78 is 0. The van der Waals surface area contributed by atoms with Gasteiger partial charge in [-0.25, -0.2) is 0 Å². The van der Waals surface area contributed by atoms with Gasteiger partial charge in [0.25, 0.3) is 0 Å². The lowest BCUT2D eigenvalue weighted by Crippen LogP contribution is -2.34. The van der Waals surface area contributed by atoms with Gasteiger partial charge in [0.05, 0.1) is 0 Å². The van der Waals surface area contributed by atoms with Crippen LogP contribution in [0.1, 0.15) is 25.7 Å². The molecule has 1 aliphatic rings. The third kappa shape index (κ3) is 6.48. The monoisotopic (exact) mass is 263 g/mol. The summed E-state index contributed by atoms with van der Waals surface area (Å²) in [6.45, 7) is 1.44. The summed E-state index contributed by atoms with van der Waals surface area (Å²) in [6, 6.07) is 0.324. The number of nitrogens with one attached hydrogen (secondary N) is 2. The molecular weight excluding hydrogens is 242 g/mol. The minimum atomic E-state index is 0. The molecule has 0 bridgehead atoms. The van der Waals surface area contributed by atoms with Crippen LogP contribution in [0.25, 0.3) is 0 Å². The largest absolute Gasteiger partial charge is 0.356 e. The van der Waals surface area contributed by atoms with E-state index in [0.717, 1.165) is 19.4 Å². The molecule has 1 atom stereocenters. The molecule has 0 aromatic carbocycles. The van der Waals surface area contributed by atoms with E-state index < -0.39 is 0 Å². The predicted octanol–water partition coefficient (Wildman–Crippen LogP) is 0.145. The second kappa shape index (κ2) is 8.31. The highest BCUT2D eigenvalue weighted by Gasteiger charge is 2.17. The summed E-state index contributed by atoms with van der Waals surface area (Å²) in [6.07, 6.45) is 3.12. The van der Waals surface area contributed by atoms with E-state index in [1.54, 1.807) is 14.1 Å². The number of nitrogens with zero attached hydrogens (tertiary/aromatic N) is 1. The van der Waals surface area contributed by atoms with Crippen molar-refractivity contribution in [3.63, 3.8) is 0 Å². The fourth-order valence-corrected chi connectivity index (χ4v) is 1.76. The van der Waals surface area contributed by atoms with Gasteiger partial charge in [-0.15, -0.1) is 12.4 Å². The summed E-state index contributed by atoms with van der Waals surface area (Å²) in [5.74, 6) is 0.0743. The third-order valence-electron chi connectivity index (χ3n) is 2.75. The Morgan fingerprint density at radius 2 is 2.12 bits per heavy atom. The lowest BCUT2D eigenvalue weighted by Gasteiger charge is -2.12. The van der Waals surface area contributed by atoms with Crippen LogP contribution in [0, 0.1) is 0 Å². The topological polar surface area (TPSA) is 61.4 Å². The summed E-state index contributed by atoms with van der Waals surface area (Å²) in [7, 11) is 3.43. The second-order valence-electron chi connectivity index (χ2n) is 4.39. The van der Waals surface area contributed by atoms with Crippen LogP contribution in [0.4, 0.5) is 0 Å². The molecule has 0 aliphatic carbocycles. The zero-order valence-corrected chi connectivity index (χ0v) is 11.3. The van der Waals surface area contributed by atoms with Crippen LogP contribution in [-0.2, 0) is 9.59 Å². The molecule has 1 heterocycles. The molecule has 5 nitrogen and oxygen atoms in total. The molecule has 2 amide bonds. The first-order valence-corrected chi connectivity index (χ1v) is 5.80. The average molecular weight is 264 g/mol. The van der Waals surface area contributed by atoms with E-state index >= 15 is 0 Å². The second-order valence-corrected chi connectivity index (χ2v) is 4.39. The van der Waals surface area contributed by atoms with Gasteiger partial charge in [-0.2, -0.15) is 0 Å². The van der Waals surface area contributed by atoms with Crippen molar-refractivity contribution in [1.82, 2.24) is 15.5 Å². The molecule has 0 spiro atoms. The van der Waals surface area contributed by atoms with Crippen molar-refractivity contribution in [1.29, 1.82) is 0 Å². The van der Waals surface area contributed by atoms with Crippen molar-refractivity contribution >= 4 is 24.2 Å². The predicted molar refractivity (Wildman–Crippen MR) is 69.2 cm³/mol. The molecule has 1 saturated heterocycles. The summed E-state index contributed by atoms with van der Waals surface area (Å²) in [4.78, 5) is 24.2. The van der Waals surface area contributed by atoms with E-state index in [4.69, 9.17) is 0 Å². The molecule has 0 aromatic heterocycles. The van der Waals surface area contributed by atoms with E-state index in [1.807, 2.05) is 0 Å². The fraction of sp³-hybridized carbons (Fsp3) is 0.818. The number of amides is 2. The minimum Gasteiger partial charge on any atom is -0.356 e. The lowest BCUT2D eigenvalue weighted by atomic mass is 10.1. The maximum atomic E-state index is 11.5. The number of carbonyl (C=O) groups excluding carboxylic acids is 2. The molecule has 0 saturated carbocycles. The Bertz CT molecular complexity index is 253. The maximum absolute atomic E-state index is 11.5. The molecule has 1 rings (SSSR count). The summed E-state index contributed by atoms with van der Waals surface area (Å²) >= 11 is 0. The van der Waals surface area contributed by atoms with Gasteiger partial charge in [-0.3, -0.25) is 9.59 Å². The van der Waals surface area contributed by atoms with Crippen molar-refractivity contribution in [2.24, 2.45) is 0 Å². The van der Waals surface area contributed by atoms with Crippen molar-refractivity contribution in [2.75, 3.05) is 27.2 Å². The zero-order valence-electron chi connectivity index (χ0n) is 10.5. The summed E-state index contributed by atoms with van der Waals surface area (Å²) in [5, 5.41) is 6.04. The number of hydrogen-bond acceptors (Lipinski definition) is 3. The number of rotatable bonds is 5. The zero-order chi connectivity index (χ0) is 12.0. The smallest absolute Gasteiger partial charge is 0.223 e. The molecule has 0 radical (unpaired) electrons. The van der Waals surface area contributed by atoms with Crippen LogP contribution in [0.3, 0.4) is 0 Å². The first kappa shape index (κ1) is 16.2. The van der Waals surface area contributed by atoms with Crippen molar-refractivity contribution in [2.45, 2.75) is 31.7 Å². The normalized spacial score (nSPS) is 18.4. The number of carbonyl (C=O) groups is 2. The van der Waals surface area contributed by atoms with Gasteiger partial charge < -0.3 is 15.5 Å². The number of halogens is 1. The highest BCUT2D eigenvalue weighted by Crippen LogP contribution is 2.07. The SMILES string of the molecule is CN(C)C(=O)CCNC(=O)CC1CCCN1.Cl. The van der Waals surface area contributed by atoms with Gasteiger partial charge in [0, 0.05) is 39.5 Å². The van der Waals surface area contributed by atoms with Crippen molar-refractivity contribution in [3.8, 4) is 0 Å². The Kier molecular flexibility index (Phi) is 7.91. The van der Waals surface area contributed by atoms with E-state index in [-0.39, 0.29) is 24.2 Å². The molecule has 100 valence electrons. The molecule has 6 heteroatoms. The van der Waals surface area contributed by atoms with E-state index in [0.29, 0.717) is 25.4 Å². The summed E-state index contributed by atoms with van der Waals surface area (Å²) in [5.41, 5.74) is 0. The molecule has 1 aliphatic heterocycles. The van der Waals surface area contributed by atoms with Crippen LogP contribution in [0.5, 0.6) is 0 Å². The van der Waals surface area contributed by atoms with Crippen molar-refractivity contribution in [3.05, 3.63) is 0 Å². The first-order chi connectivity index (χ1) is 7.59. The Labute approximate surface area is 109 Å². The van der Waals surface area contributed by atoms with Crippen LogP contribution >= 0.6 is 12.4 Å². The van der Waals surface area contributed by atoms with Gasteiger partial charge in [0.2, 0.25) is 11.8 Å². The average Bonchev–Trinajstić information content (AvgIpc) is 2.70. The Morgan fingerprint density at radius 1 is 1.41 bits per heavy atom. The molecule has 0 aromatic rings. The minimum absolute atomic E-state index is 0. The Balaban J connectivity index is 0.00000256. The molecular formula is C11H22ClN3O2. The van der Waals surface area contributed by atoms with Crippen LogP contribution in [-0.4, -0.2) is 49.9 Å². The van der Waals surface area contributed by atoms with Gasteiger partial charge in [-0.1, -0.05) is 0 Å². The van der Waals surface area contributed by atoms with Gasteiger partial charge in [0.15, 0.2) is 0 Å². The fourth-order valence-electron chi connectivity index (χ4n) is 1.76. The molecule has 1 unspecified atom stereocenters. The molecule has 17 heavy (non-hydrogen) atoms. The Morgan fingerprint density at radius 3 is 2.65 bits per heavy atom. The van der Waals surface area contributed by atoms with Crippen LogP contribution in [0.15, 0.2) is 0 Å². The van der Waals surface area contributed by atoms with E-state index in [2.05, 4.69) is 10.6 Å². The van der Waals surface area contributed by atoms with Crippen molar-refractivity contribution < 1.29 is 9.59 Å². The maximum Gasteiger partial charge on any atom is 0.223 e. The quantitative estimate of drug-likeness (QED) is 0.742. The third-order valence-corrected chi connectivity index (χ3v) is 2.75. The number of hydrogen-bond donors (Lipinski definition) is 2. The van der Waals surface area contributed by atoms with Gasteiger partial charge in [0.1, 0.15) is 0 Å². The first-order valence-electron chi connectivity index (χ1n) is 5.80. The van der Waals surface area contributed by atoms with Gasteiger partial charge >= 0.3 is 0 Å². The van der Waals surface area contributed by atoms with E-state index in [9.17, 15) is 9.59 Å². The Hall–Kier alpha value is -0.810. The molecule has 2 N–H and O–H groups in total. The van der Waals surface area contributed by atoms with E-state index in [1.165, 1.54) is 4.90 Å². The highest BCUT2D eigenvalue weighted by molar-refractivity contribution is 5.85.